The monoisotopic (exact) mass is 163 g/mol. The molecule has 2 nitrogen and oxygen atoms in total. The molecular formula is C10H13NO. The molecule has 0 heterocycles. The lowest BCUT2D eigenvalue weighted by Crippen LogP contribution is -1.99. The number of anilines is 1. The van der Waals surface area contributed by atoms with Crippen molar-refractivity contribution >= 4 is 5.69 Å². The van der Waals surface area contributed by atoms with Gasteiger partial charge < -0.3 is 10.4 Å². The SMILES string of the molecule is OCNc1ccc2c(c1)CCC2. The molecule has 0 fully saturated rings. The highest BCUT2D eigenvalue weighted by Crippen LogP contribution is 2.24. The van der Waals surface area contributed by atoms with Crippen molar-refractivity contribution in [3.63, 3.8) is 0 Å². The fourth-order valence-electron chi connectivity index (χ4n) is 1.77. The van der Waals surface area contributed by atoms with E-state index in [9.17, 15) is 0 Å². The largest absolute Gasteiger partial charge is 0.377 e. The number of aliphatic hydroxyl groups excluding tert-OH is 1. The zero-order valence-corrected chi connectivity index (χ0v) is 7.01. The molecule has 0 saturated carbocycles. The molecule has 0 unspecified atom stereocenters. The van der Waals surface area contributed by atoms with Crippen molar-refractivity contribution in [1.29, 1.82) is 0 Å². The molecule has 1 aromatic rings. The first-order chi connectivity index (χ1) is 5.90. The van der Waals surface area contributed by atoms with Crippen LogP contribution in [0.15, 0.2) is 18.2 Å². The van der Waals surface area contributed by atoms with E-state index in [0.29, 0.717) is 0 Å². The minimum absolute atomic E-state index is 0.0127. The van der Waals surface area contributed by atoms with E-state index in [1.807, 2.05) is 6.07 Å². The molecule has 1 aromatic carbocycles. The van der Waals surface area contributed by atoms with Crippen LogP contribution in [0.5, 0.6) is 0 Å². The van der Waals surface area contributed by atoms with Crippen LogP contribution in [0.25, 0.3) is 0 Å². The summed E-state index contributed by atoms with van der Waals surface area (Å²) in [5, 5.41) is 11.5. The summed E-state index contributed by atoms with van der Waals surface area (Å²) in [4.78, 5) is 0. The van der Waals surface area contributed by atoms with Gasteiger partial charge >= 0.3 is 0 Å². The summed E-state index contributed by atoms with van der Waals surface area (Å²) in [6.07, 6.45) is 3.68. The van der Waals surface area contributed by atoms with Crippen LogP contribution in [0.1, 0.15) is 17.5 Å². The first kappa shape index (κ1) is 7.62. The highest BCUT2D eigenvalue weighted by molar-refractivity contribution is 5.49. The number of aryl methyl sites for hydroxylation is 2. The third-order valence-corrected chi connectivity index (χ3v) is 2.38. The smallest absolute Gasteiger partial charge is 0.113 e. The summed E-state index contributed by atoms with van der Waals surface area (Å²) in [6.45, 7) is 0.0127. The van der Waals surface area contributed by atoms with Gasteiger partial charge in [0, 0.05) is 5.69 Å². The lowest BCUT2D eigenvalue weighted by molar-refractivity contribution is 0.325. The quantitative estimate of drug-likeness (QED) is 0.648. The van der Waals surface area contributed by atoms with Crippen molar-refractivity contribution in [2.45, 2.75) is 19.3 Å². The maximum Gasteiger partial charge on any atom is 0.113 e. The summed E-state index contributed by atoms with van der Waals surface area (Å²) >= 11 is 0. The van der Waals surface area contributed by atoms with E-state index in [-0.39, 0.29) is 6.73 Å². The number of nitrogens with one attached hydrogen (secondary N) is 1. The molecule has 0 aromatic heterocycles. The zero-order valence-electron chi connectivity index (χ0n) is 7.01. The molecule has 1 aliphatic carbocycles. The van der Waals surface area contributed by atoms with E-state index in [0.717, 1.165) is 5.69 Å². The first-order valence-corrected chi connectivity index (χ1v) is 4.36. The third kappa shape index (κ3) is 1.30. The Morgan fingerprint density at radius 3 is 2.92 bits per heavy atom. The van der Waals surface area contributed by atoms with Crippen LogP contribution in [-0.2, 0) is 12.8 Å². The maximum atomic E-state index is 8.66. The van der Waals surface area contributed by atoms with Crippen molar-refractivity contribution in [2.75, 3.05) is 12.0 Å². The molecule has 2 rings (SSSR count). The number of hydrogen-bond donors (Lipinski definition) is 2. The summed E-state index contributed by atoms with van der Waals surface area (Å²) in [5.41, 5.74) is 3.94. The molecule has 0 saturated heterocycles. The molecule has 0 bridgehead atoms. The van der Waals surface area contributed by atoms with E-state index in [2.05, 4.69) is 17.4 Å². The van der Waals surface area contributed by atoms with Crippen LogP contribution < -0.4 is 5.32 Å². The normalized spacial score (nSPS) is 14.4. The Hall–Kier alpha value is -1.02. The highest BCUT2D eigenvalue weighted by atomic mass is 16.3. The van der Waals surface area contributed by atoms with Crippen molar-refractivity contribution in [3.05, 3.63) is 29.3 Å². The second-order valence-electron chi connectivity index (χ2n) is 3.17. The molecule has 0 spiro atoms. The van der Waals surface area contributed by atoms with Gasteiger partial charge in [-0.25, -0.2) is 0 Å². The molecule has 0 atom stereocenters. The lowest BCUT2D eigenvalue weighted by Gasteiger charge is -2.04. The Balaban J connectivity index is 2.26. The molecule has 0 amide bonds. The number of rotatable bonds is 2. The predicted molar refractivity (Wildman–Crippen MR) is 49.2 cm³/mol. The Kier molecular flexibility index (Phi) is 2.00. The van der Waals surface area contributed by atoms with Gasteiger partial charge in [0.25, 0.3) is 0 Å². The molecule has 0 aliphatic heterocycles. The van der Waals surface area contributed by atoms with Crippen molar-refractivity contribution in [3.8, 4) is 0 Å². The standard InChI is InChI=1S/C10H13NO/c12-7-11-10-5-4-8-2-1-3-9(8)6-10/h4-6,11-12H,1-3,7H2. The summed E-state index contributed by atoms with van der Waals surface area (Å²) in [7, 11) is 0. The second kappa shape index (κ2) is 3.15. The van der Waals surface area contributed by atoms with Crippen molar-refractivity contribution < 1.29 is 5.11 Å². The Bertz CT molecular complexity index is 283. The van der Waals surface area contributed by atoms with Gasteiger partial charge in [-0.1, -0.05) is 6.07 Å². The molecule has 12 heavy (non-hydrogen) atoms. The average molecular weight is 163 g/mol. The van der Waals surface area contributed by atoms with Gasteiger partial charge in [-0.15, -0.1) is 0 Å². The Morgan fingerprint density at radius 2 is 2.08 bits per heavy atom. The van der Waals surface area contributed by atoms with Gasteiger partial charge in [-0.05, 0) is 42.5 Å². The molecule has 2 heteroatoms. The first-order valence-electron chi connectivity index (χ1n) is 4.36. The van der Waals surface area contributed by atoms with Crippen LogP contribution in [0, 0.1) is 0 Å². The summed E-state index contributed by atoms with van der Waals surface area (Å²) in [6, 6.07) is 6.32. The molecule has 0 radical (unpaired) electrons. The number of benzene rings is 1. The molecular weight excluding hydrogens is 150 g/mol. The lowest BCUT2D eigenvalue weighted by atomic mass is 10.1. The minimum atomic E-state index is 0.0127. The van der Waals surface area contributed by atoms with E-state index < -0.39 is 0 Å². The van der Waals surface area contributed by atoms with Crippen LogP contribution in [-0.4, -0.2) is 11.8 Å². The Morgan fingerprint density at radius 1 is 1.25 bits per heavy atom. The van der Waals surface area contributed by atoms with Gasteiger partial charge in [-0.3, -0.25) is 0 Å². The predicted octanol–water partition coefficient (Wildman–Crippen LogP) is 1.54. The number of fused-ring (bicyclic) bond motifs is 1. The van der Waals surface area contributed by atoms with Gasteiger partial charge in [0.2, 0.25) is 0 Å². The molecule has 2 N–H and O–H groups in total. The van der Waals surface area contributed by atoms with Crippen LogP contribution >= 0.6 is 0 Å². The number of hydrogen-bond acceptors (Lipinski definition) is 2. The zero-order chi connectivity index (χ0) is 8.39. The molecule has 1 aliphatic rings. The van der Waals surface area contributed by atoms with Gasteiger partial charge in [0.1, 0.15) is 6.73 Å². The fourth-order valence-corrected chi connectivity index (χ4v) is 1.77. The fraction of sp³-hybridized carbons (Fsp3) is 0.400. The van der Waals surface area contributed by atoms with Crippen molar-refractivity contribution in [1.82, 2.24) is 0 Å². The van der Waals surface area contributed by atoms with Gasteiger partial charge in [0.15, 0.2) is 0 Å². The number of aliphatic hydroxyl groups is 1. The van der Waals surface area contributed by atoms with E-state index >= 15 is 0 Å². The summed E-state index contributed by atoms with van der Waals surface area (Å²) < 4.78 is 0. The Labute approximate surface area is 72.2 Å². The van der Waals surface area contributed by atoms with Crippen molar-refractivity contribution in [2.24, 2.45) is 0 Å². The van der Waals surface area contributed by atoms with Crippen LogP contribution in [0.2, 0.25) is 0 Å². The van der Waals surface area contributed by atoms with E-state index in [1.54, 1.807) is 0 Å². The third-order valence-electron chi connectivity index (χ3n) is 2.38. The maximum absolute atomic E-state index is 8.66. The van der Waals surface area contributed by atoms with Crippen LogP contribution in [0.3, 0.4) is 0 Å². The van der Waals surface area contributed by atoms with E-state index in [1.165, 1.54) is 30.4 Å². The average Bonchev–Trinajstić information content (AvgIpc) is 2.51. The summed E-state index contributed by atoms with van der Waals surface area (Å²) in [5.74, 6) is 0. The van der Waals surface area contributed by atoms with Crippen LogP contribution in [0.4, 0.5) is 5.69 Å². The van der Waals surface area contributed by atoms with E-state index in [4.69, 9.17) is 5.11 Å². The minimum Gasteiger partial charge on any atom is -0.377 e. The van der Waals surface area contributed by atoms with Gasteiger partial charge in [-0.2, -0.15) is 0 Å². The molecule has 64 valence electrons. The highest BCUT2D eigenvalue weighted by Gasteiger charge is 2.09. The topological polar surface area (TPSA) is 32.3 Å². The second-order valence-corrected chi connectivity index (χ2v) is 3.17. The van der Waals surface area contributed by atoms with Gasteiger partial charge in [0.05, 0.1) is 0 Å².